The number of aromatic amines is 2. The van der Waals surface area contributed by atoms with Crippen molar-refractivity contribution in [2.45, 2.75) is 0 Å². The van der Waals surface area contributed by atoms with Crippen molar-refractivity contribution in [3.05, 3.63) is 95.7 Å². The maximum atomic E-state index is 13.3. The second kappa shape index (κ2) is 7.93. The smallest absolute Gasteiger partial charge is 0.205 e. The molecular formula is C27H19N3O2. The summed E-state index contributed by atoms with van der Waals surface area (Å²) in [4.78, 5) is 19.9. The quantitative estimate of drug-likeness (QED) is 0.205. The lowest BCUT2D eigenvalue weighted by atomic mass is 9.98. The van der Waals surface area contributed by atoms with Gasteiger partial charge in [0.25, 0.3) is 0 Å². The Labute approximate surface area is 184 Å². The first-order valence-corrected chi connectivity index (χ1v) is 10.2. The molecule has 0 fully saturated rings. The second-order valence-electron chi connectivity index (χ2n) is 7.43. The lowest BCUT2D eigenvalue weighted by Gasteiger charge is -2.05. The molecule has 0 radical (unpaired) electrons. The summed E-state index contributed by atoms with van der Waals surface area (Å²) in [5.74, 6) is 0.449. The van der Waals surface area contributed by atoms with Gasteiger partial charge in [-0.05, 0) is 48.0 Å². The van der Waals surface area contributed by atoms with Gasteiger partial charge in [-0.25, -0.2) is 0 Å². The topological polar surface area (TPSA) is 81.7 Å². The van der Waals surface area contributed by atoms with Crippen molar-refractivity contribution in [1.29, 1.82) is 5.26 Å². The van der Waals surface area contributed by atoms with Gasteiger partial charge in [-0.2, -0.15) is 5.26 Å². The summed E-state index contributed by atoms with van der Waals surface area (Å²) in [5.41, 5.74) is 4.93. The van der Waals surface area contributed by atoms with Crippen LogP contribution in [0, 0.1) is 11.3 Å². The molecule has 0 bridgehead atoms. The standard InChI is InChI=1S/C27H19N3O2/c1-32-19-12-10-17(11-13-19)26-22(20-6-3-5-9-25(20)30-26)14-18(15-28)27(31)23-16-29-24-8-4-2-7-21(23)24/h2-14,16,29-30H,1H3/b18-14+. The van der Waals surface area contributed by atoms with E-state index in [-0.39, 0.29) is 11.4 Å². The number of benzene rings is 3. The Balaban J connectivity index is 1.67. The Morgan fingerprint density at radius 2 is 1.62 bits per heavy atom. The molecule has 2 N–H and O–H groups in total. The normalized spacial score (nSPS) is 11.6. The van der Waals surface area contributed by atoms with Gasteiger partial charge in [0, 0.05) is 39.1 Å². The van der Waals surface area contributed by atoms with E-state index in [1.165, 1.54) is 0 Å². The number of hydrogen-bond acceptors (Lipinski definition) is 3. The molecule has 154 valence electrons. The number of allylic oxidation sites excluding steroid dienone is 1. The number of nitrogens with one attached hydrogen (secondary N) is 2. The number of nitriles is 1. The van der Waals surface area contributed by atoms with Crippen molar-refractivity contribution < 1.29 is 9.53 Å². The minimum absolute atomic E-state index is 0.0780. The number of rotatable bonds is 5. The number of hydrogen-bond donors (Lipinski definition) is 2. The molecule has 5 heteroatoms. The number of nitrogens with zero attached hydrogens (tertiary/aromatic N) is 1. The lowest BCUT2D eigenvalue weighted by Crippen LogP contribution is -2.01. The van der Waals surface area contributed by atoms with E-state index in [1.54, 1.807) is 19.4 Å². The van der Waals surface area contributed by atoms with E-state index in [9.17, 15) is 10.1 Å². The minimum atomic E-state index is -0.309. The third-order valence-corrected chi connectivity index (χ3v) is 5.61. The molecule has 2 heterocycles. The third-order valence-electron chi connectivity index (χ3n) is 5.61. The van der Waals surface area contributed by atoms with Crippen molar-refractivity contribution in [3.63, 3.8) is 0 Å². The maximum Gasteiger partial charge on any atom is 0.205 e. The fraction of sp³-hybridized carbons (Fsp3) is 0.0370. The van der Waals surface area contributed by atoms with Gasteiger partial charge in [-0.15, -0.1) is 0 Å². The molecule has 5 nitrogen and oxygen atoms in total. The van der Waals surface area contributed by atoms with Gasteiger partial charge < -0.3 is 14.7 Å². The number of ketones is 1. The van der Waals surface area contributed by atoms with Crippen LogP contribution in [0.25, 0.3) is 39.1 Å². The molecule has 3 aromatic carbocycles. The maximum absolute atomic E-state index is 13.3. The lowest BCUT2D eigenvalue weighted by molar-refractivity contribution is 0.104. The molecule has 0 unspecified atom stereocenters. The van der Waals surface area contributed by atoms with E-state index in [2.05, 4.69) is 16.0 Å². The van der Waals surface area contributed by atoms with Crippen LogP contribution < -0.4 is 4.74 Å². The van der Waals surface area contributed by atoms with Crippen LogP contribution in [-0.4, -0.2) is 22.9 Å². The average molecular weight is 417 g/mol. The average Bonchev–Trinajstić information content (AvgIpc) is 3.44. The van der Waals surface area contributed by atoms with E-state index in [1.807, 2.05) is 72.8 Å². The molecule has 0 amide bonds. The Morgan fingerprint density at radius 1 is 0.938 bits per heavy atom. The Kier molecular flexibility index (Phi) is 4.81. The number of para-hydroxylation sites is 2. The zero-order valence-electron chi connectivity index (χ0n) is 17.3. The van der Waals surface area contributed by atoms with Crippen LogP contribution in [0.2, 0.25) is 0 Å². The number of carbonyl (C=O) groups is 1. The molecule has 5 rings (SSSR count). The van der Waals surface area contributed by atoms with Crippen LogP contribution in [0.3, 0.4) is 0 Å². The Hall–Kier alpha value is -4.56. The summed E-state index contributed by atoms with van der Waals surface area (Å²) in [7, 11) is 1.63. The molecule has 0 saturated carbocycles. The number of aromatic nitrogens is 2. The molecular weight excluding hydrogens is 398 g/mol. The molecule has 0 saturated heterocycles. The summed E-state index contributed by atoms with van der Waals surface area (Å²) in [6, 6.07) is 25.2. The SMILES string of the molecule is COc1ccc(-c2[nH]c3ccccc3c2/C=C(\C#N)C(=O)c2c[nH]c3ccccc23)cc1. The Bertz CT molecular complexity index is 1530. The molecule has 0 atom stereocenters. The minimum Gasteiger partial charge on any atom is -0.497 e. The summed E-state index contributed by atoms with van der Waals surface area (Å²) in [5, 5.41) is 11.6. The van der Waals surface area contributed by atoms with Crippen molar-refractivity contribution in [1.82, 2.24) is 9.97 Å². The van der Waals surface area contributed by atoms with Crippen LogP contribution in [-0.2, 0) is 0 Å². The van der Waals surface area contributed by atoms with Gasteiger partial charge in [0.2, 0.25) is 5.78 Å². The zero-order valence-corrected chi connectivity index (χ0v) is 17.3. The van der Waals surface area contributed by atoms with Gasteiger partial charge in [-0.3, -0.25) is 4.79 Å². The number of methoxy groups -OCH3 is 1. The molecule has 5 aromatic rings. The fourth-order valence-electron chi connectivity index (χ4n) is 4.00. The predicted molar refractivity (Wildman–Crippen MR) is 127 cm³/mol. The summed E-state index contributed by atoms with van der Waals surface area (Å²) in [6.07, 6.45) is 3.35. The van der Waals surface area contributed by atoms with Crippen LogP contribution in [0.1, 0.15) is 15.9 Å². The van der Waals surface area contributed by atoms with E-state index in [4.69, 9.17) is 4.74 Å². The van der Waals surface area contributed by atoms with E-state index < -0.39 is 0 Å². The molecule has 0 aliphatic carbocycles. The van der Waals surface area contributed by atoms with Crippen LogP contribution >= 0.6 is 0 Å². The molecule has 0 aliphatic heterocycles. The number of H-pyrrole nitrogens is 2. The highest BCUT2D eigenvalue weighted by atomic mass is 16.5. The second-order valence-corrected chi connectivity index (χ2v) is 7.43. The first kappa shape index (κ1) is 19.4. The number of ether oxygens (including phenoxy) is 1. The van der Waals surface area contributed by atoms with E-state index in [0.29, 0.717) is 5.56 Å². The molecule has 0 spiro atoms. The van der Waals surface area contributed by atoms with Crippen molar-refractivity contribution in [2.75, 3.05) is 7.11 Å². The highest BCUT2D eigenvalue weighted by Gasteiger charge is 2.19. The van der Waals surface area contributed by atoms with Crippen LogP contribution in [0.5, 0.6) is 5.75 Å². The van der Waals surface area contributed by atoms with Gasteiger partial charge in [0.05, 0.1) is 12.8 Å². The number of fused-ring (bicyclic) bond motifs is 2. The molecule has 0 aliphatic rings. The van der Waals surface area contributed by atoms with E-state index >= 15 is 0 Å². The van der Waals surface area contributed by atoms with Gasteiger partial charge in [-0.1, -0.05) is 36.4 Å². The summed E-state index contributed by atoms with van der Waals surface area (Å²) < 4.78 is 5.27. The summed E-state index contributed by atoms with van der Waals surface area (Å²) >= 11 is 0. The van der Waals surface area contributed by atoms with Crippen LogP contribution in [0.4, 0.5) is 0 Å². The first-order valence-electron chi connectivity index (χ1n) is 10.2. The third kappa shape index (κ3) is 3.24. The predicted octanol–water partition coefficient (Wildman–Crippen LogP) is 6.11. The van der Waals surface area contributed by atoms with Gasteiger partial charge in [0.15, 0.2) is 0 Å². The van der Waals surface area contributed by atoms with Crippen molar-refractivity contribution in [3.8, 4) is 23.1 Å². The van der Waals surface area contributed by atoms with Gasteiger partial charge >= 0.3 is 0 Å². The molecule has 2 aromatic heterocycles. The van der Waals surface area contributed by atoms with Crippen molar-refractivity contribution in [2.24, 2.45) is 0 Å². The first-order chi connectivity index (χ1) is 15.7. The largest absolute Gasteiger partial charge is 0.497 e. The van der Waals surface area contributed by atoms with Crippen LogP contribution in [0.15, 0.2) is 84.6 Å². The fourth-order valence-corrected chi connectivity index (χ4v) is 4.00. The Morgan fingerprint density at radius 3 is 2.34 bits per heavy atom. The van der Waals surface area contributed by atoms with Crippen molar-refractivity contribution >= 4 is 33.7 Å². The number of carbonyl (C=O) groups excluding carboxylic acids is 1. The van der Waals surface area contributed by atoms with Gasteiger partial charge in [0.1, 0.15) is 17.4 Å². The zero-order chi connectivity index (χ0) is 22.1. The summed E-state index contributed by atoms with van der Waals surface area (Å²) in [6.45, 7) is 0. The highest BCUT2D eigenvalue weighted by Crippen LogP contribution is 2.33. The molecule has 32 heavy (non-hydrogen) atoms. The highest BCUT2D eigenvalue weighted by molar-refractivity contribution is 6.20. The number of Topliss-reactive ketones (excluding diaryl/α,β-unsaturated/α-hetero) is 1. The van der Waals surface area contributed by atoms with E-state index in [0.717, 1.165) is 44.4 Å². The monoisotopic (exact) mass is 417 g/mol.